The molecule has 0 aliphatic carbocycles. The van der Waals surface area contributed by atoms with Crippen molar-refractivity contribution in [3.05, 3.63) is 47.5 Å². The van der Waals surface area contributed by atoms with Gasteiger partial charge in [0, 0.05) is 44.2 Å². The molecule has 3 heterocycles. The number of aryl methyl sites for hydroxylation is 2. The van der Waals surface area contributed by atoms with Gasteiger partial charge in [-0.3, -0.25) is 14.5 Å². The van der Waals surface area contributed by atoms with Crippen molar-refractivity contribution in [2.75, 3.05) is 4.90 Å². The van der Waals surface area contributed by atoms with Crippen LogP contribution in [0, 0.1) is 6.92 Å². The van der Waals surface area contributed by atoms with Crippen LogP contribution in [-0.2, 0) is 29.0 Å². The molecule has 2 aliphatic heterocycles. The Hall–Kier alpha value is -2.63. The summed E-state index contributed by atoms with van der Waals surface area (Å²) in [6, 6.07) is 7.36. The predicted octanol–water partition coefficient (Wildman–Crippen LogP) is 1.60. The highest BCUT2D eigenvalue weighted by atomic mass is 16.2. The van der Waals surface area contributed by atoms with Crippen LogP contribution in [-0.4, -0.2) is 33.4 Å². The summed E-state index contributed by atoms with van der Waals surface area (Å²) in [5.74, 6) is 0.916. The highest BCUT2D eigenvalue weighted by molar-refractivity contribution is 6.02. The second-order valence-corrected chi connectivity index (χ2v) is 6.93. The molecule has 0 saturated heterocycles. The number of hydrogen-bond donors (Lipinski definition) is 1. The normalized spacial score (nSPS) is 21.6. The Balaban J connectivity index is 1.49. The van der Waals surface area contributed by atoms with Crippen LogP contribution < -0.4 is 10.2 Å². The molecule has 1 aromatic heterocycles. The van der Waals surface area contributed by atoms with Crippen molar-refractivity contribution in [2.45, 2.75) is 51.7 Å². The molecule has 2 atom stereocenters. The number of para-hydroxylation sites is 1. The molecule has 4 rings (SSSR count). The van der Waals surface area contributed by atoms with Crippen molar-refractivity contribution in [2.24, 2.45) is 0 Å². The maximum atomic E-state index is 12.9. The zero-order valence-corrected chi connectivity index (χ0v) is 14.5. The van der Waals surface area contributed by atoms with Crippen LogP contribution in [0.2, 0.25) is 0 Å². The molecule has 2 amide bonds. The molecule has 0 radical (unpaired) electrons. The number of hydrogen-bond acceptors (Lipinski definition) is 3. The molecule has 1 unspecified atom stereocenters. The smallest absolute Gasteiger partial charge is 0.243 e. The Bertz CT molecular complexity index is 842. The first kappa shape index (κ1) is 15.9. The maximum absolute atomic E-state index is 12.9. The fraction of sp³-hybridized carbons (Fsp3) is 0.421. The van der Waals surface area contributed by atoms with E-state index in [0.29, 0.717) is 6.42 Å². The number of carbonyl (C=O) groups is 2. The number of carbonyl (C=O) groups excluding carboxylic acids is 2. The van der Waals surface area contributed by atoms with Crippen LogP contribution in [0.3, 0.4) is 0 Å². The van der Waals surface area contributed by atoms with Crippen LogP contribution in [0.25, 0.3) is 0 Å². The third-order valence-electron chi connectivity index (χ3n) is 5.08. The fourth-order valence-corrected chi connectivity index (χ4v) is 3.99. The van der Waals surface area contributed by atoms with E-state index in [1.54, 1.807) is 4.90 Å². The van der Waals surface area contributed by atoms with E-state index in [1.807, 2.05) is 37.4 Å². The highest BCUT2D eigenvalue weighted by Crippen LogP contribution is 2.32. The minimum absolute atomic E-state index is 0.0725. The zero-order valence-electron chi connectivity index (χ0n) is 14.5. The van der Waals surface area contributed by atoms with E-state index in [2.05, 4.69) is 14.9 Å². The number of nitrogens with zero attached hydrogens (tertiary/aromatic N) is 3. The SMILES string of the molecule is CC(=O)N1c2ccccc2C[C@H]1C(=O)NC1CCc2nc(C)cn2C1. The Labute approximate surface area is 146 Å². The number of aromatic nitrogens is 2. The van der Waals surface area contributed by atoms with E-state index in [-0.39, 0.29) is 17.9 Å². The summed E-state index contributed by atoms with van der Waals surface area (Å²) in [5, 5.41) is 3.15. The van der Waals surface area contributed by atoms with Gasteiger partial charge in [0.05, 0.1) is 5.69 Å². The van der Waals surface area contributed by atoms with Crippen LogP contribution in [0.4, 0.5) is 5.69 Å². The summed E-state index contributed by atoms with van der Waals surface area (Å²) in [7, 11) is 0. The number of fused-ring (bicyclic) bond motifs is 2. The summed E-state index contributed by atoms with van der Waals surface area (Å²) in [5.41, 5.74) is 2.91. The first-order valence-corrected chi connectivity index (χ1v) is 8.73. The summed E-state index contributed by atoms with van der Waals surface area (Å²) in [6.45, 7) is 4.24. The minimum atomic E-state index is -0.458. The molecule has 2 aliphatic rings. The Morgan fingerprint density at radius 2 is 2.08 bits per heavy atom. The van der Waals surface area contributed by atoms with Crippen molar-refractivity contribution >= 4 is 17.5 Å². The maximum Gasteiger partial charge on any atom is 0.243 e. The summed E-state index contributed by atoms with van der Waals surface area (Å²) in [6.07, 6.45) is 4.34. The number of nitrogens with one attached hydrogen (secondary N) is 1. The van der Waals surface area contributed by atoms with E-state index in [1.165, 1.54) is 6.92 Å². The molecule has 6 heteroatoms. The molecule has 2 aromatic rings. The topological polar surface area (TPSA) is 67.2 Å². The number of amides is 2. The van der Waals surface area contributed by atoms with Crippen LogP contribution >= 0.6 is 0 Å². The third-order valence-corrected chi connectivity index (χ3v) is 5.08. The number of imidazole rings is 1. The van der Waals surface area contributed by atoms with Crippen molar-refractivity contribution in [3.8, 4) is 0 Å². The lowest BCUT2D eigenvalue weighted by atomic mass is 10.1. The predicted molar refractivity (Wildman–Crippen MR) is 94.3 cm³/mol. The molecule has 0 saturated carbocycles. The fourth-order valence-electron chi connectivity index (χ4n) is 3.99. The van der Waals surface area contributed by atoms with Crippen LogP contribution in [0.15, 0.2) is 30.5 Å². The van der Waals surface area contributed by atoms with Gasteiger partial charge < -0.3 is 9.88 Å². The molecular formula is C19H22N4O2. The molecule has 1 N–H and O–H groups in total. The molecule has 130 valence electrons. The average molecular weight is 338 g/mol. The first-order chi connectivity index (χ1) is 12.0. The molecule has 0 fully saturated rings. The summed E-state index contributed by atoms with van der Waals surface area (Å²) in [4.78, 5) is 31.1. The van der Waals surface area contributed by atoms with E-state index >= 15 is 0 Å². The molecule has 1 aromatic carbocycles. The van der Waals surface area contributed by atoms with Gasteiger partial charge in [-0.2, -0.15) is 0 Å². The molecule has 0 bridgehead atoms. The van der Waals surface area contributed by atoms with Gasteiger partial charge in [0.1, 0.15) is 11.9 Å². The van der Waals surface area contributed by atoms with Gasteiger partial charge in [0.25, 0.3) is 0 Å². The molecular weight excluding hydrogens is 316 g/mol. The monoisotopic (exact) mass is 338 g/mol. The largest absolute Gasteiger partial charge is 0.350 e. The van der Waals surface area contributed by atoms with E-state index in [4.69, 9.17) is 0 Å². The van der Waals surface area contributed by atoms with Gasteiger partial charge in [-0.25, -0.2) is 4.98 Å². The summed E-state index contributed by atoms with van der Waals surface area (Å²) < 4.78 is 2.12. The lowest BCUT2D eigenvalue weighted by molar-refractivity contribution is -0.126. The molecule has 6 nitrogen and oxygen atoms in total. The zero-order chi connectivity index (χ0) is 17.6. The Morgan fingerprint density at radius 1 is 1.28 bits per heavy atom. The van der Waals surface area contributed by atoms with Crippen LogP contribution in [0.5, 0.6) is 0 Å². The highest BCUT2D eigenvalue weighted by Gasteiger charge is 2.37. The summed E-state index contributed by atoms with van der Waals surface area (Å²) >= 11 is 0. The van der Waals surface area contributed by atoms with Crippen molar-refractivity contribution in [1.29, 1.82) is 0 Å². The van der Waals surface area contributed by atoms with Gasteiger partial charge in [0.15, 0.2) is 0 Å². The van der Waals surface area contributed by atoms with Crippen molar-refractivity contribution < 1.29 is 9.59 Å². The third kappa shape index (κ3) is 2.81. The lowest BCUT2D eigenvalue weighted by Crippen LogP contribution is -2.51. The van der Waals surface area contributed by atoms with Gasteiger partial charge in [-0.1, -0.05) is 18.2 Å². The Kier molecular flexibility index (Phi) is 3.82. The minimum Gasteiger partial charge on any atom is -0.350 e. The quantitative estimate of drug-likeness (QED) is 0.904. The number of anilines is 1. The number of benzene rings is 1. The molecule has 0 spiro atoms. The van der Waals surface area contributed by atoms with Gasteiger partial charge >= 0.3 is 0 Å². The van der Waals surface area contributed by atoms with E-state index in [9.17, 15) is 9.59 Å². The van der Waals surface area contributed by atoms with Crippen molar-refractivity contribution in [3.63, 3.8) is 0 Å². The van der Waals surface area contributed by atoms with E-state index in [0.717, 1.165) is 42.2 Å². The van der Waals surface area contributed by atoms with Gasteiger partial charge in [-0.05, 0) is 25.0 Å². The lowest BCUT2D eigenvalue weighted by Gasteiger charge is -2.28. The van der Waals surface area contributed by atoms with Crippen LogP contribution in [0.1, 0.15) is 30.4 Å². The Morgan fingerprint density at radius 3 is 2.88 bits per heavy atom. The average Bonchev–Trinajstić information content (AvgIpc) is 3.13. The number of rotatable bonds is 2. The van der Waals surface area contributed by atoms with E-state index < -0.39 is 6.04 Å². The second-order valence-electron chi connectivity index (χ2n) is 6.93. The molecule has 25 heavy (non-hydrogen) atoms. The first-order valence-electron chi connectivity index (χ1n) is 8.73. The van der Waals surface area contributed by atoms with Gasteiger partial charge in [-0.15, -0.1) is 0 Å². The standard InChI is InChI=1S/C19H22N4O2/c1-12-10-22-11-15(7-8-18(22)20-12)21-19(25)17-9-14-5-3-4-6-16(14)23(17)13(2)24/h3-6,10,15,17H,7-9,11H2,1-2H3,(H,21,25)/t15?,17-/m0/s1. The van der Waals surface area contributed by atoms with Crippen molar-refractivity contribution in [1.82, 2.24) is 14.9 Å². The van der Waals surface area contributed by atoms with Gasteiger partial charge in [0.2, 0.25) is 11.8 Å². The second kappa shape index (κ2) is 6.02.